The number of phosphoric acid groups is 2. The molecular weight excluding hydrogens is 1480 g/mol. The quantitative estimate of drug-likeness (QED) is 0.0146. The van der Waals surface area contributed by atoms with Gasteiger partial charge in [0.15, 0.2) is 6.10 Å². The Morgan fingerprint density at radius 2 is 0.478 bits per heavy atom. The van der Waals surface area contributed by atoms with Crippen LogP contribution in [0.25, 0.3) is 0 Å². The molecule has 0 aromatic heterocycles. The third kappa shape index (κ3) is 90.0. The first-order chi connectivity index (χ1) is 56.2. The molecule has 0 aliphatic carbocycles. The Bertz CT molecular complexity index is 2670. The largest absolute Gasteiger partial charge is 0.472 e. The molecule has 115 heavy (non-hydrogen) atoms. The van der Waals surface area contributed by atoms with E-state index in [2.05, 4.69) is 167 Å². The van der Waals surface area contributed by atoms with Crippen molar-refractivity contribution < 1.29 is 75.8 Å². The maximum atomic E-state index is 13.0. The molecule has 0 radical (unpaired) electrons. The van der Waals surface area contributed by atoms with Gasteiger partial charge in [-0.2, -0.15) is 0 Å². The van der Waals surface area contributed by atoms with E-state index < -0.39 is 91.5 Å². The maximum absolute atomic E-state index is 13.0. The highest BCUT2D eigenvalue weighted by Gasteiger charge is 2.29. The number of rotatable bonds is 87. The van der Waals surface area contributed by atoms with Gasteiger partial charge in [-0.15, -0.1) is 0 Å². The van der Waals surface area contributed by atoms with Gasteiger partial charge >= 0.3 is 33.6 Å². The van der Waals surface area contributed by atoms with E-state index in [-0.39, 0.29) is 19.3 Å². The molecule has 662 valence electrons. The summed E-state index contributed by atoms with van der Waals surface area (Å²) < 4.78 is 61.3. The van der Waals surface area contributed by atoms with Crippen LogP contribution in [-0.4, -0.2) is 95.9 Å². The Hall–Kier alpha value is -4.57. The van der Waals surface area contributed by atoms with E-state index in [0.717, 1.165) is 161 Å². The molecule has 0 aromatic rings. The molecule has 16 nitrogen and oxygen atoms in total. The summed E-state index contributed by atoms with van der Waals surface area (Å²) in [6.07, 6.45) is 112. The Balaban J connectivity index is 4.38. The van der Waals surface area contributed by atoms with Crippen LogP contribution in [0, 0.1) is 0 Å². The topological polar surface area (TPSA) is 231 Å². The summed E-state index contributed by atoms with van der Waals surface area (Å²) in [6, 6.07) is 0. The number of carbonyl (C=O) groups is 3. The van der Waals surface area contributed by atoms with Gasteiger partial charge in [0.25, 0.3) is 0 Å². The summed E-state index contributed by atoms with van der Waals surface area (Å²) in [7, 11) is -9.80. The number of esters is 3. The molecule has 0 saturated carbocycles. The van der Waals surface area contributed by atoms with Crippen molar-refractivity contribution in [1.82, 2.24) is 0 Å². The molecule has 5 unspecified atom stereocenters. The minimum atomic E-state index is -4.94. The highest BCUT2D eigenvalue weighted by atomic mass is 31.2. The average molecular weight is 1650 g/mol. The van der Waals surface area contributed by atoms with Crippen molar-refractivity contribution in [2.45, 2.75) is 411 Å². The molecule has 0 amide bonds. The minimum Gasteiger partial charge on any atom is -0.463 e. The van der Waals surface area contributed by atoms with Crippen molar-refractivity contribution in [3.8, 4) is 0 Å². The van der Waals surface area contributed by atoms with E-state index in [0.29, 0.717) is 19.3 Å². The van der Waals surface area contributed by atoms with E-state index in [9.17, 15) is 43.5 Å². The molecular formula is C97H168O16P2. The van der Waals surface area contributed by atoms with Crippen LogP contribution >= 0.6 is 15.6 Å². The second-order valence-corrected chi connectivity index (χ2v) is 33.6. The number of ether oxygens (including phenoxy) is 3. The first-order valence-corrected chi connectivity index (χ1v) is 49.1. The van der Waals surface area contributed by atoms with Gasteiger partial charge < -0.3 is 34.2 Å². The van der Waals surface area contributed by atoms with Crippen molar-refractivity contribution in [2.24, 2.45) is 0 Å². The zero-order valence-electron chi connectivity index (χ0n) is 72.9. The fourth-order valence-corrected chi connectivity index (χ4v) is 14.1. The second-order valence-electron chi connectivity index (χ2n) is 30.7. The first-order valence-electron chi connectivity index (χ1n) is 46.1. The molecule has 0 aromatic carbocycles. The summed E-state index contributed by atoms with van der Waals surface area (Å²) in [5.74, 6) is -1.58. The van der Waals surface area contributed by atoms with Crippen LogP contribution in [0.2, 0.25) is 0 Å². The normalized spacial score (nSPS) is 14.5. The number of hydrogen-bond acceptors (Lipinski definition) is 14. The lowest BCUT2D eigenvalue weighted by Crippen LogP contribution is -2.30. The third-order valence-corrected chi connectivity index (χ3v) is 21.4. The summed E-state index contributed by atoms with van der Waals surface area (Å²) >= 11 is 0. The predicted molar refractivity (Wildman–Crippen MR) is 482 cm³/mol. The van der Waals surface area contributed by atoms with Crippen LogP contribution in [0.15, 0.2) is 146 Å². The highest BCUT2D eigenvalue weighted by Crippen LogP contribution is 2.45. The maximum Gasteiger partial charge on any atom is 0.472 e. The number of unbranched alkanes of at least 4 members (excludes halogenated alkanes) is 40. The Morgan fingerprint density at radius 1 is 0.252 bits per heavy atom. The van der Waals surface area contributed by atoms with E-state index in [1.807, 2.05) is 0 Å². The van der Waals surface area contributed by atoms with Gasteiger partial charge in [-0.3, -0.25) is 32.5 Å². The highest BCUT2D eigenvalue weighted by molar-refractivity contribution is 7.47. The number of hydrogen-bond donors (Lipinski definition) is 4. The molecule has 0 rings (SSSR count). The monoisotopic (exact) mass is 1650 g/mol. The van der Waals surface area contributed by atoms with E-state index in [1.165, 1.54) is 173 Å². The molecule has 4 N–H and O–H groups in total. The summed E-state index contributed by atoms with van der Waals surface area (Å²) in [5, 5.41) is 20.7. The number of carbonyl (C=O) groups excluding carboxylic acids is 3. The van der Waals surface area contributed by atoms with Gasteiger partial charge in [0.2, 0.25) is 0 Å². The van der Waals surface area contributed by atoms with E-state index in [1.54, 1.807) is 0 Å². The lowest BCUT2D eigenvalue weighted by atomic mass is 10.0. The molecule has 5 atom stereocenters. The number of aliphatic hydroxyl groups excluding tert-OH is 2. The molecule has 0 aliphatic rings. The van der Waals surface area contributed by atoms with Crippen LogP contribution in [0.5, 0.6) is 0 Å². The van der Waals surface area contributed by atoms with E-state index in [4.69, 9.17) is 32.3 Å². The van der Waals surface area contributed by atoms with Gasteiger partial charge in [0.05, 0.1) is 26.4 Å². The van der Waals surface area contributed by atoms with Crippen molar-refractivity contribution >= 4 is 33.6 Å². The summed E-state index contributed by atoms with van der Waals surface area (Å²) in [6.45, 7) is 2.50. The Kier molecular flexibility index (Phi) is 85.2. The van der Waals surface area contributed by atoms with Gasteiger partial charge in [0, 0.05) is 19.3 Å². The van der Waals surface area contributed by atoms with Crippen molar-refractivity contribution in [3.63, 3.8) is 0 Å². The molecule has 0 fully saturated rings. The van der Waals surface area contributed by atoms with Crippen molar-refractivity contribution in [2.75, 3.05) is 39.6 Å². The Labute approximate surface area is 702 Å². The van der Waals surface area contributed by atoms with E-state index >= 15 is 0 Å². The molecule has 0 saturated heterocycles. The fourth-order valence-electron chi connectivity index (χ4n) is 12.5. The lowest BCUT2D eigenvalue weighted by molar-refractivity contribution is -0.161. The zero-order chi connectivity index (χ0) is 83.6. The SMILES string of the molecule is CC/C=C\C/C=C\C/C=C\C/C=C\C/C=C\C/C=C\CCCCCCCCCCCCCCC(=O)OCC(COP(=O)(O)OCC(O)COP(=O)(O)OCC(O)COC(=O)CCCCCCCCCCCCCCCCCCCCC/C=C\C/C=C\C/C=C\C/C=C\CCCCC)OC(=O)CCCCCCC/C=C\C/C=C\CCC. The standard InChI is InChI=1S/C97H168O16P2/c1-4-7-10-13-16-19-22-25-27-29-31-33-35-37-39-41-43-44-45-46-48-50-51-53-55-57-59-61-63-66-68-71-74-77-80-83-95(100)107-86-92(98)87-109-114(103,104)110-88-93(99)89-111-115(105,106)112-91-94(113-97(102)85-82-79-76-73-70-65-24-21-18-15-12-9-6-3)90-108-96(101)84-81-78-75-72-69-67-64-62-60-58-56-54-52-49-47-42-40-38-36-34-32-30-28-26-23-20-17-14-11-8-5-2/h8,11-12,15-17,19-21,24-28,31-34,37-40,47,49,92-94,98-99H,4-7,9-10,13-14,18,22-23,29-30,35-36,41-46,48,50-91H2,1-3H3,(H,103,104)(H,105,106)/b11-8-,15-12-,19-16-,20-17-,24-21-,27-25-,28-26-,33-31-,34-32-,39-37-,40-38-,49-47-. The minimum absolute atomic E-state index is 0.0863. The second kappa shape index (κ2) is 88.7. The van der Waals surface area contributed by atoms with Gasteiger partial charge in [0.1, 0.15) is 25.4 Å². The first kappa shape index (κ1) is 110. The third-order valence-electron chi connectivity index (χ3n) is 19.5. The number of allylic oxidation sites excluding steroid dienone is 24. The van der Waals surface area contributed by atoms with Gasteiger partial charge in [-0.05, 0) is 141 Å². The summed E-state index contributed by atoms with van der Waals surface area (Å²) in [5.41, 5.74) is 0. The fraction of sp³-hybridized carbons (Fsp3) is 0.722. The van der Waals surface area contributed by atoms with Gasteiger partial charge in [-0.25, -0.2) is 9.13 Å². The van der Waals surface area contributed by atoms with Crippen molar-refractivity contribution in [1.29, 1.82) is 0 Å². The van der Waals surface area contributed by atoms with Crippen LogP contribution < -0.4 is 0 Å². The number of aliphatic hydroxyl groups is 2. The van der Waals surface area contributed by atoms with Crippen LogP contribution in [-0.2, 0) is 55.8 Å². The van der Waals surface area contributed by atoms with Crippen LogP contribution in [0.3, 0.4) is 0 Å². The molecule has 0 spiro atoms. The predicted octanol–water partition coefficient (Wildman–Crippen LogP) is 28.3. The Morgan fingerprint density at radius 3 is 0.765 bits per heavy atom. The molecule has 0 bridgehead atoms. The summed E-state index contributed by atoms with van der Waals surface area (Å²) in [4.78, 5) is 58.8. The molecule has 0 heterocycles. The van der Waals surface area contributed by atoms with Gasteiger partial charge in [-0.1, -0.05) is 378 Å². The van der Waals surface area contributed by atoms with Crippen LogP contribution in [0.4, 0.5) is 0 Å². The molecule has 18 heteroatoms. The average Bonchev–Trinajstić information content (AvgIpc) is 0.885. The smallest absolute Gasteiger partial charge is 0.463 e. The lowest BCUT2D eigenvalue weighted by Gasteiger charge is -2.21. The van der Waals surface area contributed by atoms with Crippen molar-refractivity contribution in [3.05, 3.63) is 146 Å². The zero-order valence-corrected chi connectivity index (χ0v) is 74.7. The molecule has 0 aliphatic heterocycles. The number of phosphoric ester groups is 2. The van der Waals surface area contributed by atoms with Crippen LogP contribution in [0.1, 0.15) is 393 Å².